The summed E-state index contributed by atoms with van der Waals surface area (Å²) < 4.78 is 0. The van der Waals surface area contributed by atoms with Crippen LogP contribution in [0.1, 0.15) is 27.2 Å². The fourth-order valence-electron chi connectivity index (χ4n) is 1.64. The maximum absolute atomic E-state index is 10.1. The van der Waals surface area contributed by atoms with Crippen LogP contribution < -0.4 is 5.73 Å². The van der Waals surface area contributed by atoms with Gasteiger partial charge in [-0.1, -0.05) is 13.8 Å². The summed E-state index contributed by atoms with van der Waals surface area (Å²) in [5.41, 5.74) is 5.22. The number of rotatable bonds is 3. The summed E-state index contributed by atoms with van der Waals surface area (Å²) in [5, 5.41) is 10.1. The predicted molar refractivity (Wildman–Crippen MR) is 54.5 cm³/mol. The number of hydrogen-bond donors (Lipinski definition) is 2. The largest absolute Gasteiger partial charge is 0.389 e. The molecule has 1 unspecified atom stereocenters. The van der Waals surface area contributed by atoms with E-state index < -0.39 is 5.60 Å². The Morgan fingerprint density at radius 2 is 2.23 bits per heavy atom. The lowest BCUT2D eigenvalue weighted by molar-refractivity contribution is -0.0138. The van der Waals surface area contributed by atoms with Gasteiger partial charge in [-0.25, -0.2) is 0 Å². The molecule has 0 spiro atoms. The molecule has 78 valence electrons. The van der Waals surface area contributed by atoms with Gasteiger partial charge in [0.1, 0.15) is 0 Å². The molecule has 1 heterocycles. The number of hydrogen-bond acceptors (Lipinski definition) is 3. The van der Waals surface area contributed by atoms with Gasteiger partial charge in [0.15, 0.2) is 0 Å². The van der Waals surface area contributed by atoms with E-state index in [0.717, 1.165) is 26.1 Å². The van der Waals surface area contributed by atoms with Gasteiger partial charge in [0.2, 0.25) is 0 Å². The van der Waals surface area contributed by atoms with Crippen molar-refractivity contribution in [1.82, 2.24) is 4.90 Å². The third kappa shape index (κ3) is 2.93. The molecule has 0 saturated carbocycles. The van der Waals surface area contributed by atoms with Gasteiger partial charge < -0.3 is 10.8 Å². The van der Waals surface area contributed by atoms with Crippen molar-refractivity contribution in [3.63, 3.8) is 0 Å². The quantitative estimate of drug-likeness (QED) is 0.672. The average molecular weight is 186 g/mol. The Balaban J connectivity index is 2.40. The molecule has 13 heavy (non-hydrogen) atoms. The fourth-order valence-corrected chi connectivity index (χ4v) is 1.64. The highest BCUT2D eigenvalue weighted by Gasteiger charge is 2.30. The number of aliphatic hydroxyl groups is 1. The smallest absolute Gasteiger partial charge is 0.0768 e. The van der Waals surface area contributed by atoms with Crippen LogP contribution in [0.3, 0.4) is 0 Å². The molecule has 1 aliphatic heterocycles. The van der Waals surface area contributed by atoms with Gasteiger partial charge in [-0.15, -0.1) is 0 Å². The van der Waals surface area contributed by atoms with Crippen LogP contribution in [0, 0.1) is 5.92 Å². The van der Waals surface area contributed by atoms with Gasteiger partial charge >= 0.3 is 0 Å². The zero-order valence-electron chi connectivity index (χ0n) is 8.95. The minimum atomic E-state index is -0.579. The summed E-state index contributed by atoms with van der Waals surface area (Å²) in [6.45, 7) is 8.72. The van der Waals surface area contributed by atoms with Gasteiger partial charge in [0, 0.05) is 19.1 Å². The molecule has 3 nitrogen and oxygen atoms in total. The van der Waals surface area contributed by atoms with Gasteiger partial charge in [-0.2, -0.15) is 0 Å². The first-order valence-electron chi connectivity index (χ1n) is 5.12. The van der Waals surface area contributed by atoms with Crippen molar-refractivity contribution in [2.75, 3.05) is 19.6 Å². The van der Waals surface area contributed by atoms with E-state index in [1.165, 1.54) is 0 Å². The Morgan fingerprint density at radius 3 is 2.62 bits per heavy atom. The monoisotopic (exact) mass is 186 g/mol. The normalized spacial score (nSPS) is 29.5. The topological polar surface area (TPSA) is 49.5 Å². The van der Waals surface area contributed by atoms with Crippen LogP contribution in [0.15, 0.2) is 0 Å². The molecule has 1 aliphatic rings. The Bertz CT molecular complexity index is 168. The van der Waals surface area contributed by atoms with Crippen LogP contribution in [0.4, 0.5) is 0 Å². The first kappa shape index (κ1) is 11.0. The third-order valence-electron chi connectivity index (χ3n) is 3.10. The first-order valence-corrected chi connectivity index (χ1v) is 5.12. The molecule has 3 N–H and O–H groups in total. The molecule has 0 aromatic carbocycles. The molecule has 1 saturated heterocycles. The number of likely N-dealkylation sites (tertiary alicyclic amines) is 1. The van der Waals surface area contributed by atoms with Gasteiger partial charge in [0.25, 0.3) is 0 Å². The van der Waals surface area contributed by atoms with E-state index in [4.69, 9.17) is 5.73 Å². The molecule has 0 radical (unpaired) electrons. The van der Waals surface area contributed by atoms with E-state index in [1.807, 2.05) is 6.92 Å². The van der Waals surface area contributed by atoms with Crippen molar-refractivity contribution < 1.29 is 5.11 Å². The standard InChI is InChI=1S/C10H22N2O/c1-8(2)10(3,13)7-12-5-4-9(11)6-12/h8-9,13H,4-7,11H2,1-3H3/t9-,10?/m1/s1. The summed E-state index contributed by atoms with van der Waals surface area (Å²) in [4.78, 5) is 2.25. The van der Waals surface area contributed by atoms with Gasteiger partial charge in [-0.3, -0.25) is 4.90 Å². The predicted octanol–water partition coefficient (Wildman–Crippen LogP) is 0.426. The van der Waals surface area contributed by atoms with E-state index in [9.17, 15) is 5.11 Å². The Labute approximate surface area is 80.9 Å². The maximum atomic E-state index is 10.1. The second kappa shape index (κ2) is 3.95. The van der Waals surface area contributed by atoms with Gasteiger partial charge in [-0.05, 0) is 25.8 Å². The molecule has 0 aromatic heterocycles. The number of nitrogens with two attached hydrogens (primary N) is 1. The SMILES string of the molecule is CC(C)C(C)(O)CN1CC[C@@H](N)C1. The van der Waals surface area contributed by atoms with E-state index in [0.29, 0.717) is 12.0 Å². The zero-order chi connectivity index (χ0) is 10.1. The Morgan fingerprint density at radius 1 is 1.62 bits per heavy atom. The van der Waals surface area contributed by atoms with Crippen molar-refractivity contribution in [3.05, 3.63) is 0 Å². The highest BCUT2D eigenvalue weighted by Crippen LogP contribution is 2.19. The molecule has 0 aliphatic carbocycles. The van der Waals surface area contributed by atoms with E-state index in [1.54, 1.807) is 0 Å². The summed E-state index contributed by atoms with van der Waals surface area (Å²) in [5.74, 6) is 0.296. The van der Waals surface area contributed by atoms with Crippen molar-refractivity contribution in [1.29, 1.82) is 0 Å². The summed E-state index contributed by atoms with van der Waals surface area (Å²) in [6.07, 6.45) is 1.06. The molecule has 0 amide bonds. The highest BCUT2D eigenvalue weighted by molar-refractivity contribution is 4.86. The molecule has 2 atom stereocenters. The molecular formula is C10H22N2O. The second-order valence-corrected chi connectivity index (χ2v) is 4.80. The second-order valence-electron chi connectivity index (χ2n) is 4.80. The molecule has 3 heteroatoms. The number of nitrogens with zero attached hydrogens (tertiary/aromatic N) is 1. The molecule has 0 aromatic rings. The molecule has 1 fully saturated rings. The Kier molecular flexibility index (Phi) is 3.33. The number of β-amino-alcohol motifs (C(OH)–C–C–N with tert-alkyl or cyclic N) is 1. The van der Waals surface area contributed by atoms with Crippen LogP contribution in [-0.4, -0.2) is 41.3 Å². The highest BCUT2D eigenvalue weighted by atomic mass is 16.3. The Hall–Kier alpha value is -0.120. The van der Waals surface area contributed by atoms with E-state index in [2.05, 4.69) is 18.7 Å². The third-order valence-corrected chi connectivity index (χ3v) is 3.10. The van der Waals surface area contributed by atoms with Crippen molar-refractivity contribution in [2.45, 2.75) is 38.8 Å². The molecule has 0 bridgehead atoms. The minimum absolute atomic E-state index is 0.296. The summed E-state index contributed by atoms with van der Waals surface area (Å²) in [7, 11) is 0. The van der Waals surface area contributed by atoms with E-state index in [-0.39, 0.29) is 0 Å². The lowest BCUT2D eigenvalue weighted by Crippen LogP contribution is -2.44. The van der Waals surface area contributed by atoms with Crippen LogP contribution >= 0.6 is 0 Å². The lowest BCUT2D eigenvalue weighted by Gasteiger charge is -2.32. The fraction of sp³-hybridized carbons (Fsp3) is 1.00. The van der Waals surface area contributed by atoms with Crippen molar-refractivity contribution in [3.8, 4) is 0 Å². The van der Waals surface area contributed by atoms with Crippen LogP contribution in [-0.2, 0) is 0 Å². The molecular weight excluding hydrogens is 164 g/mol. The zero-order valence-corrected chi connectivity index (χ0v) is 8.95. The lowest BCUT2D eigenvalue weighted by atomic mass is 9.92. The minimum Gasteiger partial charge on any atom is -0.389 e. The first-order chi connectivity index (χ1) is 5.92. The van der Waals surface area contributed by atoms with Crippen molar-refractivity contribution in [2.24, 2.45) is 11.7 Å². The van der Waals surface area contributed by atoms with Crippen molar-refractivity contribution >= 4 is 0 Å². The summed E-state index contributed by atoms with van der Waals surface area (Å²) in [6, 6.07) is 0.308. The average Bonchev–Trinajstić information content (AvgIpc) is 2.34. The van der Waals surface area contributed by atoms with Gasteiger partial charge in [0.05, 0.1) is 5.60 Å². The summed E-state index contributed by atoms with van der Waals surface area (Å²) >= 11 is 0. The van der Waals surface area contributed by atoms with Crippen LogP contribution in [0.5, 0.6) is 0 Å². The van der Waals surface area contributed by atoms with Crippen LogP contribution in [0.2, 0.25) is 0 Å². The van der Waals surface area contributed by atoms with Crippen LogP contribution in [0.25, 0.3) is 0 Å². The van der Waals surface area contributed by atoms with E-state index >= 15 is 0 Å². The maximum Gasteiger partial charge on any atom is 0.0768 e. The molecule has 1 rings (SSSR count).